The monoisotopic (exact) mass is 336 g/mol. The van der Waals surface area contributed by atoms with E-state index in [0.717, 1.165) is 17.8 Å². The zero-order valence-corrected chi connectivity index (χ0v) is 16.6. The Kier molecular flexibility index (Phi) is 9.29. The second kappa shape index (κ2) is 9.26. The Labute approximate surface area is 131 Å². The number of aliphatic hydroxyl groups excluding tert-OH is 1. The van der Waals surface area contributed by atoms with Crippen molar-refractivity contribution in [3.63, 3.8) is 0 Å². The molecule has 0 aromatic heterocycles. The molecule has 0 heterocycles. The summed E-state index contributed by atoms with van der Waals surface area (Å²) in [6.45, 7) is 14.7. The second-order valence-corrected chi connectivity index (χ2v) is 13.8. The lowest BCUT2D eigenvalue weighted by atomic mass is 10.0. The van der Waals surface area contributed by atoms with Gasteiger partial charge in [-0.15, -0.1) is 0 Å². The van der Waals surface area contributed by atoms with E-state index in [1.54, 1.807) is 0 Å². The lowest BCUT2D eigenvalue weighted by Gasteiger charge is -2.29. The van der Waals surface area contributed by atoms with Gasteiger partial charge in [0.05, 0.1) is 27.4 Å². The summed E-state index contributed by atoms with van der Waals surface area (Å²) in [4.78, 5) is 0.793. The molecule has 21 heavy (non-hydrogen) atoms. The first-order valence-electron chi connectivity index (χ1n) is 7.92. The number of hydrogen-bond acceptors (Lipinski definition) is 4. The van der Waals surface area contributed by atoms with Gasteiger partial charge in [-0.25, -0.2) is 0 Å². The highest BCUT2D eigenvalue weighted by molar-refractivity contribution is 7.62. The minimum atomic E-state index is -3.25. The van der Waals surface area contributed by atoms with Crippen LogP contribution in [0.5, 0.6) is 0 Å². The van der Waals surface area contributed by atoms with Crippen molar-refractivity contribution >= 4 is 15.7 Å². The molecule has 126 valence electrons. The van der Waals surface area contributed by atoms with E-state index in [-0.39, 0.29) is 5.92 Å². The summed E-state index contributed by atoms with van der Waals surface area (Å²) in [5.74, 6) is -0.0547. The quantitative estimate of drug-likeness (QED) is 0.459. The summed E-state index contributed by atoms with van der Waals surface area (Å²) in [5.41, 5.74) is 0. The highest BCUT2D eigenvalue weighted by Crippen LogP contribution is 2.59. The predicted octanol–water partition coefficient (Wildman–Crippen LogP) is 4.81. The first kappa shape index (κ1) is 21.1. The van der Waals surface area contributed by atoms with Crippen LogP contribution >= 0.6 is 7.60 Å². The minimum absolute atomic E-state index is 0.0547. The molecule has 0 fully saturated rings. The van der Waals surface area contributed by atoms with Crippen molar-refractivity contribution in [3.05, 3.63) is 11.0 Å². The largest absolute Gasteiger partial charge is 0.393 e. The Morgan fingerprint density at radius 3 is 2.00 bits per heavy atom. The molecule has 2 atom stereocenters. The molecule has 1 N–H and O–H groups in total. The van der Waals surface area contributed by atoms with Crippen molar-refractivity contribution in [1.29, 1.82) is 0 Å². The SMILES string of the molecule is CCC[C@@H](O)[C@H](C)/C=C(/[Si](C)(C)C)P(=O)(OCC)OCC. The molecule has 0 radical (unpaired) electrons. The van der Waals surface area contributed by atoms with E-state index in [1.807, 2.05) is 33.8 Å². The third-order valence-electron chi connectivity index (χ3n) is 3.27. The highest BCUT2D eigenvalue weighted by atomic mass is 31.2. The van der Waals surface area contributed by atoms with Crippen molar-refractivity contribution in [2.75, 3.05) is 13.2 Å². The predicted molar refractivity (Wildman–Crippen MR) is 92.4 cm³/mol. The molecule has 0 aromatic carbocycles. The van der Waals surface area contributed by atoms with E-state index in [2.05, 4.69) is 19.6 Å². The van der Waals surface area contributed by atoms with E-state index >= 15 is 0 Å². The fraction of sp³-hybridized carbons (Fsp3) is 0.867. The van der Waals surface area contributed by atoms with Gasteiger partial charge in [0, 0.05) is 10.9 Å². The van der Waals surface area contributed by atoms with Crippen LogP contribution in [0.15, 0.2) is 11.0 Å². The molecule has 0 amide bonds. The molecule has 0 bridgehead atoms. The van der Waals surface area contributed by atoms with Gasteiger partial charge in [0.1, 0.15) is 0 Å². The maximum atomic E-state index is 13.1. The van der Waals surface area contributed by atoms with E-state index in [4.69, 9.17) is 9.05 Å². The van der Waals surface area contributed by atoms with Gasteiger partial charge in [-0.05, 0) is 20.3 Å². The Balaban J connectivity index is 5.61. The summed E-state index contributed by atoms with van der Waals surface area (Å²) >= 11 is 0. The summed E-state index contributed by atoms with van der Waals surface area (Å²) in [6.07, 6.45) is 3.19. The molecule has 0 unspecified atom stereocenters. The van der Waals surface area contributed by atoms with Crippen LogP contribution in [0.3, 0.4) is 0 Å². The summed E-state index contributed by atoms with van der Waals surface area (Å²) in [6, 6.07) is 0. The molecule has 6 heteroatoms. The van der Waals surface area contributed by atoms with E-state index in [0.29, 0.717) is 13.2 Å². The average molecular weight is 336 g/mol. The van der Waals surface area contributed by atoms with Crippen molar-refractivity contribution in [3.8, 4) is 0 Å². The molecule has 0 aliphatic carbocycles. The Morgan fingerprint density at radius 2 is 1.67 bits per heavy atom. The Bertz CT molecular complexity index is 366. The number of aliphatic hydroxyl groups is 1. The molecular formula is C15H33O4PSi. The van der Waals surface area contributed by atoms with Crippen molar-refractivity contribution in [2.45, 2.75) is 66.3 Å². The summed E-state index contributed by atoms with van der Waals surface area (Å²) in [7, 11) is -5.14. The van der Waals surface area contributed by atoms with Crippen molar-refractivity contribution in [1.82, 2.24) is 0 Å². The summed E-state index contributed by atoms with van der Waals surface area (Å²) in [5, 5.41) is 10.2. The van der Waals surface area contributed by atoms with Crippen LogP contribution in [0, 0.1) is 5.92 Å². The molecule has 0 aliphatic rings. The van der Waals surface area contributed by atoms with Gasteiger partial charge in [-0.3, -0.25) is 4.57 Å². The van der Waals surface area contributed by atoms with Crippen LogP contribution in [0.25, 0.3) is 0 Å². The summed E-state index contributed by atoms with van der Waals surface area (Å²) < 4.78 is 24.2. The lowest BCUT2D eigenvalue weighted by Crippen LogP contribution is -2.27. The third kappa shape index (κ3) is 6.79. The molecule has 0 aromatic rings. The van der Waals surface area contributed by atoms with E-state index in [9.17, 15) is 9.67 Å². The Morgan fingerprint density at radius 1 is 1.19 bits per heavy atom. The number of hydrogen-bond donors (Lipinski definition) is 1. The van der Waals surface area contributed by atoms with Crippen LogP contribution in [0.4, 0.5) is 0 Å². The second-order valence-electron chi connectivity index (χ2n) is 6.35. The van der Waals surface area contributed by atoms with Crippen LogP contribution < -0.4 is 0 Å². The highest BCUT2D eigenvalue weighted by Gasteiger charge is 2.38. The van der Waals surface area contributed by atoms with Crippen LogP contribution in [0.1, 0.15) is 40.5 Å². The minimum Gasteiger partial charge on any atom is -0.393 e. The fourth-order valence-electron chi connectivity index (χ4n) is 2.19. The van der Waals surface area contributed by atoms with Gasteiger partial charge in [-0.2, -0.15) is 0 Å². The normalized spacial score (nSPS) is 16.9. The van der Waals surface area contributed by atoms with Gasteiger partial charge in [-0.1, -0.05) is 46.0 Å². The van der Waals surface area contributed by atoms with Gasteiger partial charge < -0.3 is 14.2 Å². The van der Waals surface area contributed by atoms with Gasteiger partial charge in [0.2, 0.25) is 0 Å². The molecular weight excluding hydrogens is 303 g/mol. The molecule has 0 spiro atoms. The first-order valence-corrected chi connectivity index (χ1v) is 13.0. The fourth-order valence-corrected chi connectivity index (χ4v) is 8.07. The number of rotatable bonds is 10. The topological polar surface area (TPSA) is 55.8 Å². The van der Waals surface area contributed by atoms with Crippen LogP contribution in [-0.2, 0) is 13.6 Å². The van der Waals surface area contributed by atoms with Crippen LogP contribution in [0.2, 0.25) is 19.6 Å². The average Bonchev–Trinajstić information content (AvgIpc) is 2.34. The molecule has 4 nitrogen and oxygen atoms in total. The van der Waals surface area contributed by atoms with E-state index in [1.165, 1.54) is 0 Å². The van der Waals surface area contributed by atoms with Gasteiger partial charge >= 0.3 is 7.60 Å². The molecule has 0 saturated carbocycles. The van der Waals surface area contributed by atoms with Gasteiger partial charge in [0.15, 0.2) is 0 Å². The maximum Gasteiger partial charge on any atom is 0.353 e. The third-order valence-corrected chi connectivity index (χ3v) is 9.75. The molecule has 0 saturated heterocycles. The smallest absolute Gasteiger partial charge is 0.353 e. The Hall–Kier alpha value is 0.0669. The zero-order chi connectivity index (χ0) is 16.7. The molecule has 0 rings (SSSR count). The van der Waals surface area contributed by atoms with E-state index < -0.39 is 21.8 Å². The zero-order valence-electron chi connectivity index (χ0n) is 14.7. The maximum absolute atomic E-state index is 13.1. The molecule has 0 aliphatic heterocycles. The first-order chi connectivity index (χ1) is 9.62. The lowest BCUT2D eigenvalue weighted by molar-refractivity contribution is 0.127. The van der Waals surface area contributed by atoms with Gasteiger partial charge in [0.25, 0.3) is 0 Å². The van der Waals surface area contributed by atoms with Crippen LogP contribution in [-0.4, -0.2) is 32.5 Å². The van der Waals surface area contributed by atoms with Crippen molar-refractivity contribution < 1.29 is 18.7 Å². The standard InChI is InChI=1S/C15H33O4PSi/c1-8-11-14(16)13(4)12-15(21(5,6)7)20(17,18-9-2)19-10-3/h12-14,16H,8-11H2,1-7H3/b15-12+/t13-,14-/m1/s1. The van der Waals surface area contributed by atoms with Crippen molar-refractivity contribution in [2.24, 2.45) is 5.92 Å².